The number of aliphatic hydroxyl groups is 1. The molecule has 0 saturated carbocycles. The summed E-state index contributed by atoms with van der Waals surface area (Å²) in [6.07, 6.45) is -4.43. The Morgan fingerprint density at radius 1 is 1.26 bits per heavy atom. The minimum atomic E-state index is -4.87. The summed E-state index contributed by atoms with van der Waals surface area (Å²) in [7, 11) is 3.93. The van der Waals surface area contributed by atoms with E-state index in [2.05, 4.69) is 15.0 Å². The molecule has 2 aliphatic heterocycles. The quantitative estimate of drug-likeness (QED) is 0.638. The third-order valence-corrected chi connectivity index (χ3v) is 6.67. The highest BCUT2D eigenvalue weighted by atomic mass is 19.4. The van der Waals surface area contributed by atoms with Crippen molar-refractivity contribution in [3.05, 3.63) is 53.1 Å². The van der Waals surface area contributed by atoms with Crippen LogP contribution in [0.3, 0.4) is 0 Å². The highest BCUT2D eigenvalue weighted by Gasteiger charge is 2.35. The third kappa shape index (κ3) is 5.48. The van der Waals surface area contributed by atoms with Crippen molar-refractivity contribution in [2.45, 2.75) is 44.3 Å². The van der Waals surface area contributed by atoms with Gasteiger partial charge in [0, 0.05) is 54.0 Å². The number of alkyl halides is 3. The second kappa shape index (κ2) is 9.23. The number of amides is 1. The molecule has 2 heterocycles. The molecule has 0 spiro atoms. The SMILES string of the molecule is C[C@H](NC(=O)c1ccc2c(c1)OCCC2(C)O)c1ccc(N2CC(N(C)C)C2)cc1OC(F)(F)F. The number of ether oxygens (including phenoxy) is 2. The average Bonchev–Trinajstić information content (AvgIpc) is 2.70. The number of rotatable bonds is 6. The Kier molecular flexibility index (Phi) is 6.63. The van der Waals surface area contributed by atoms with E-state index in [1.165, 1.54) is 12.1 Å². The minimum absolute atomic E-state index is 0.209. The van der Waals surface area contributed by atoms with Crippen LogP contribution in [0, 0.1) is 0 Å². The standard InChI is InChI=1S/C25H30F3N3O4/c1-15(29-23(32)16-5-8-20-22(11-16)34-10-9-24(20,2)33)19-7-6-17(12-21(19)35-25(26,27)28)31-13-18(14-31)30(3)4/h5-8,11-12,15,18,33H,9-10,13-14H2,1-4H3,(H,29,32)/t15-,24?/m0/s1. The lowest BCUT2D eigenvalue weighted by atomic mass is 9.89. The van der Waals surface area contributed by atoms with Gasteiger partial charge in [-0.05, 0) is 46.1 Å². The van der Waals surface area contributed by atoms with Crippen molar-refractivity contribution in [3.63, 3.8) is 0 Å². The maximum absolute atomic E-state index is 13.2. The van der Waals surface area contributed by atoms with Gasteiger partial charge in [-0.15, -0.1) is 13.2 Å². The highest BCUT2D eigenvalue weighted by Crippen LogP contribution is 2.38. The molecule has 0 radical (unpaired) electrons. The lowest BCUT2D eigenvalue weighted by Crippen LogP contribution is -2.57. The van der Waals surface area contributed by atoms with E-state index in [9.17, 15) is 23.1 Å². The summed E-state index contributed by atoms with van der Waals surface area (Å²) in [6.45, 7) is 5.01. The molecule has 35 heavy (non-hydrogen) atoms. The Hall–Kier alpha value is -2.98. The summed E-state index contributed by atoms with van der Waals surface area (Å²) in [5, 5.41) is 13.2. The van der Waals surface area contributed by atoms with Crippen molar-refractivity contribution in [2.24, 2.45) is 0 Å². The smallest absolute Gasteiger partial charge is 0.493 e. The number of likely N-dealkylation sites (N-methyl/N-ethyl adjacent to an activating group) is 1. The fourth-order valence-corrected chi connectivity index (χ4v) is 4.36. The molecule has 2 aliphatic rings. The van der Waals surface area contributed by atoms with E-state index in [1.807, 2.05) is 19.0 Å². The van der Waals surface area contributed by atoms with Crippen LogP contribution in [0.1, 0.15) is 47.8 Å². The zero-order valence-electron chi connectivity index (χ0n) is 20.1. The Morgan fingerprint density at radius 3 is 2.63 bits per heavy atom. The van der Waals surface area contributed by atoms with Gasteiger partial charge in [0.05, 0.1) is 18.2 Å². The minimum Gasteiger partial charge on any atom is -0.493 e. The van der Waals surface area contributed by atoms with Crippen molar-refractivity contribution < 1.29 is 32.5 Å². The average molecular weight is 494 g/mol. The fourth-order valence-electron chi connectivity index (χ4n) is 4.36. The first-order valence-electron chi connectivity index (χ1n) is 11.5. The predicted octanol–water partition coefficient (Wildman–Crippen LogP) is 3.82. The molecule has 2 atom stereocenters. The number of nitrogens with one attached hydrogen (secondary N) is 1. The number of carbonyl (C=O) groups is 1. The molecule has 0 aromatic heterocycles. The second-order valence-electron chi connectivity index (χ2n) is 9.57. The Bertz CT molecular complexity index is 1100. The van der Waals surface area contributed by atoms with E-state index in [4.69, 9.17) is 4.74 Å². The van der Waals surface area contributed by atoms with Gasteiger partial charge in [0.15, 0.2) is 0 Å². The fraction of sp³-hybridized carbons (Fsp3) is 0.480. The van der Waals surface area contributed by atoms with Gasteiger partial charge in [-0.2, -0.15) is 0 Å². The van der Waals surface area contributed by atoms with E-state index in [0.29, 0.717) is 49.2 Å². The van der Waals surface area contributed by atoms with Crippen LogP contribution in [0.2, 0.25) is 0 Å². The summed E-state index contributed by atoms with van der Waals surface area (Å²) in [5.74, 6) is -0.411. The zero-order valence-corrected chi connectivity index (χ0v) is 20.1. The summed E-state index contributed by atoms with van der Waals surface area (Å²) in [5.41, 5.74) is 0.653. The van der Waals surface area contributed by atoms with Crippen molar-refractivity contribution in [1.82, 2.24) is 10.2 Å². The van der Waals surface area contributed by atoms with Crippen LogP contribution in [0.25, 0.3) is 0 Å². The molecule has 4 rings (SSSR count). The topological polar surface area (TPSA) is 74.3 Å². The summed E-state index contributed by atoms with van der Waals surface area (Å²) in [4.78, 5) is 16.9. The Labute approximate surface area is 202 Å². The molecule has 2 aromatic rings. The van der Waals surface area contributed by atoms with Crippen LogP contribution in [0.4, 0.5) is 18.9 Å². The number of carbonyl (C=O) groups excluding carboxylic acids is 1. The van der Waals surface area contributed by atoms with Gasteiger partial charge in [0.2, 0.25) is 0 Å². The number of anilines is 1. The van der Waals surface area contributed by atoms with Crippen LogP contribution in [-0.2, 0) is 5.60 Å². The second-order valence-corrected chi connectivity index (χ2v) is 9.57. The number of benzene rings is 2. The van der Waals surface area contributed by atoms with Gasteiger partial charge in [-0.25, -0.2) is 0 Å². The lowest BCUT2D eigenvalue weighted by Gasteiger charge is -2.44. The van der Waals surface area contributed by atoms with Crippen LogP contribution in [0.15, 0.2) is 36.4 Å². The zero-order chi connectivity index (χ0) is 25.5. The monoisotopic (exact) mass is 493 g/mol. The summed E-state index contributed by atoms with van der Waals surface area (Å²) < 4.78 is 49.4. The number of hydrogen-bond acceptors (Lipinski definition) is 6. The van der Waals surface area contributed by atoms with E-state index < -0.39 is 23.9 Å². The molecule has 10 heteroatoms. The van der Waals surface area contributed by atoms with Gasteiger partial charge in [0.25, 0.3) is 5.91 Å². The van der Waals surface area contributed by atoms with Gasteiger partial charge in [-0.1, -0.05) is 12.1 Å². The molecule has 0 aliphatic carbocycles. The molecule has 2 aromatic carbocycles. The molecule has 1 amide bonds. The normalized spacial score (nSPS) is 21.1. The number of hydrogen-bond donors (Lipinski definition) is 2. The first kappa shape index (κ1) is 25.1. The lowest BCUT2D eigenvalue weighted by molar-refractivity contribution is -0.274. The number of fused-ring (bicyclic) bond motifs is 1. The van der Waals surface area contributed by atoms with Crippen LogP contribution >= 0.6 is 0 Å². The van der Waals surface area contributed by atoms with E-state index >= 15 is 0 Å². The van der Waals surface area contributed by atoms with Gasteiger partial charge in [0.1, 0.15) is 11.5 Å². The van der Waals surface area contributed by atoms with Gasteiger partial charge >= 0.3 is 6.36 Å². The summed E-state index contributed by atoms with van der Waals surface area (Å²) in [6, 6.07) is 8.96. The largest absolute Gasteiger partial charge is 0.573 e. The molecule has 2 N–H and O–H groups in total. The first-order chi connectivity index (χ1) is 16.3. The first-order valence-corrected chi connectivity index (χ1v) is 11.5. The van der Waals surface area contributed by atoms with Crippen LogP contribution in [0.5, 0.6) is 11.5 Å². The van der Waals surface area contributed by atoms with Crippen molar-refractivity contribution in [1.29, 1.82) is 0 Å². The van der Waals surface area contributed by atoms with E-state index in [0.717, 1.165) is 0 Å². The maximum Gasteiger partial charge on any atom is 0.573 e. The van der Waals surface area contributed by atoms with Gasteiger partial charge < -0.3 is 29.7 Å². The molecule has 190 valence electrons. The number of halogens is 3. The molecular formula is C25H30F3N3O4. The van der Waals surface area contributed by atoms with E-state index in [-0.39, 0.29) is 16.9 Å². The molecule has 1 unspecified atom stereocenters. The Morgan fingerprint density at radius 2 is 1.97 bits per heavy atom. The van der Waals surface area contributed by atoms with Crippen LogP contribution in [-0.4, -0.2) is 62.1 Å². The van der Waals surface area contributed by atoms with Crippen LogP contribution < -0.4 is 19.7 Å². The maximum atomic E-state index is 13.2. The van der Waals surface area contributed by atoms with Crippen molar-refractivity contribution in [2.75, 3.05) is 38.7 Å². The van der Waals surface area contributed by atoms with Crippen molar-refractivity contribution in [3.8, 4) is 11.5 Å². The molecule has 1 saturated heterocycles. The van der Waals surface area contributed by atoms with Crippen molar-refractivity contribution >= 4 is 11.6 Å². The van der Waals surface area contributed by atoms with Gasteiger partial charge in [-0.3, -0.25) is 4.79 Å². The highest BCUT2D eigenvalue weighted by molar-refractivity contribution is 5.95. The van der Waals surface area contributed by atoms with E-state index in [1.54, 1.807) is 38.1 Å². The third-order valence-electron chi connectivity index (χ3n) is 6.67. The molecular weight excluding hydrogens is 463 g/mol. The molecule has 0 bridgehead atoms. The Balaban J connectivity index is 1.53. The molecule has 1 fully saturated rings. The molecule has 7 nitrogen and oxygen atoms in total. The number of nitrogens with zero attached hydrogens (tertiary/aromatic N) is 2. The predicted molar refractivity (Wildman–Crippen MR) is 125 cm³/mol. The summed E-state index contributed by atoms with van der Waals surface area (Å²) >= 11 is 0.